The predicted molar refractivity (Wildman–Crippen MR) is 72.6 cm³/mol. The number of nitrogens with two attached hydrogens (primary N) is 1. The smallest absolute Gasteiger partial charge is 0.145 e. The molecule has 0 spiro atoms. The zero-order chi connectivity index (χ0) is 12.8. The zero-order valence-corrected chi connectivity index (χ0v) is 10.4. The normalized spacial score (nSPS) is 11.6. The minimum absolute atomic E-state index is 0.666. The van der Waals surface area contributed by atoms with Gasteiger partial charge in [0.2, 0.25) is 0 Å². The lowest BCUT2D eigenvalue weighted by Crippen LogP contribution is -2.31. The van der Waals surface area contributed by atoms with Crippen molar-refractivity contribution in [2.75, 3.05) is 6.54 Å². The van der Waals surface area contributed by atoms with Crippen molar-refractivity contribution in [1.82, 2.24) is 15.2 Å². The maximum absolute atomic E-state index is 5.48. The van der Waals surface area contributed by atoms with Gasteiger partial charge in [-0.2, -0.15) is 5.10 Å². The lowest BCUT2D eigenvalue weighted by Gasteiger charge is -2.02. The van der Waals surface area contributed by atoms with E-state index < -0.39 is 0 Å². The molecule has 2 rings (SSSR count). The predicted octanol–water partition coefficient (Wildman–Crippen LogP) is 1.49. The van der Waals surface area contributed by atoms with Crippen molar-refractivity contribution in [3.05, 3.63) is 48.3 Å². The van der Waals surface area contributed by atoms with E-state index in [4.69, 9.17) is 5.84 Å². The molecule has 0 radical (unpaired) electrons. The minimum atomic E-state index is 0.666. The van der Waals surface area contributed by atoms with Gasteiger partial charge in [0, 0.05) is 12.7 Å². The number of para-hydroxylation sites is 1. The maximum Gasteiger partial charge on any atom is 0.145 e. The molecule has 2 aromatic rings. The Morgan fingerprint density at radius 2 is 2.17 bits per heavy atom. The van der Waals surface area contributed by atoms with Crippen molar-refractivity contribution in [2.45, 2.75) is 13.3 Å². The molecule has 1 aromatic heterocycles. The van der Waals surface area contributed by atoms with Gasteiger partial charge in [-0.25, -0.2) is 10.5 Å². The number of hydrogen-bond donors (Lipinski definition) is 2. The molecular formula is C13H17N5. The van der Waals surface area contributed by atoms with Crippen molar-refractivity contribution >= 4 is 5.84 Å². The molecule has 0 saturated heterocycles. The largest absolute Gasteiger partial charge is 0.308 e. The third-order valence-electron chi connectivity index (χ3n) is 2.51. The quantitative estimate of drug-likeness (QED) is 0.370. The highest BCUT2D eigenvalue weighted by Crippen LogP contribution is 2.07. The summed E-state index contributed by atoms with van der Waals surface area (Å²) in [6.45, 7) is 2.82. The highest BCUT2D eigenvalue weighted by Gasteiger charge is 2.05. The van der Waals surface area contributed by atoms with Crippen LogP contribution in [0.3, 0.4) is 0 Å². The Hall–Kier alpha value is -2.14. The van der Waals surface area contributed by atoms with Gasteiger partial charge in [0.05, 0.1) is 17.4 Å². The van der Waals surface area contributed by atoms with Crippen LogP contribution < -0.4 is 11.3 Å². The first kappa shape index (κ1) is 12.3. The molecule has 0 aliphatic carbocycles. The standard InChI is InChI=1S/C13H17N5/c1-2-8-15-13(17-14)11-9-16-18(10-11)12-6-4-3-5-7-12/h3-7,9-10H,2,8,14H2,1H3,(H,15,17). The fourth-order valence-corrected chi connectivity index (χ4v) is 1.61. The van der Waals surface area contributed by atoms with E-state index in [1.165, 1.54) is 0 Å². The summed E-state index contributed by atoms with van der Waals surface area (Å²) in [5, 5.41) is 4.30. The van der Waals surface area contributed by atoms with Crippen LogP contribution in [0.2, 0.25) is 0 Å². The number of nitrogens with one attached hydrogen (secondary N) is 1. The maximum atomic E-state index is 5.48. The molecule has 5 heteroatoms. The lowest BCUT2D eigenvalue weighted by molar-refractivity contribution is 0.880. The Bertz CT molecular complexity index is 515. The monoisotopic (exact) mass is 243 g/mol. The van der Waals surface area contributed by atoms with Crippen molar-refractivity contribution in [1.29, 1.82) is 0 Å². The molecule has 94 valence electrons. The number of amidine groups is 1. The molecule has 0 fully saturated rings. The van der Waals surface area contributed by atoms with Crippen LogP contribution in [0.1, 0.15) is 18.9 Å². The first-order valence-corrected chi connectivity index (χ1v) is 5.96. The van der Waals surface area contributed by atoms with E-state index in [9.17, 15) is 0 Å². The van der Waals surface area contributed by atoms with Gasteiger partial charge in [0.15, 0.2) is 0 Å². The van der Waals surface area contributed by atoms with E-state index in [-0.39, 0.29) is 0 Å². The van der Waals surface area contributed by atoms with Gasteiger partial charge >= 0.3 is 0 Å². The van der Waals surface area contributed by atoms with E-state index >= 15 is 0 Å². The van der Waals surface area contributed by atoms with E-state index in [2.05, 4.69) is 22.4 Å². The summed E-state index contributed by atoms with van der Waals surface area (Å²) in [5.41, 5.74) is 4.51. The molecule has 5 nitrogen and oxygen atoms in total. The average Bonchev–Trinajstić information content (AvgIpc) is 2.90. The molecule has 0 unspecified atom stereocenters. The number of benzene rings is 1. The van der Waals surface area contributed by atoms with Crippen LogP contribution >= 0.6 is 0 Å². The lowest BCUT2D eigenvalue weighted by atomic mass is 10.3. The molecule has 0 bridgehead atoms. The van der Waals surface area contributed by atoms with Crippen LogP contribution in [-0.4, -0.2) is 22.2 Å². The van der Waals surface area contributed by atoms with Crippen molar-refractivity contribution in [3.8, 4) is 5.69 Å². The highest BCUT2D eigenvalue weighted by molar-refractivity contribution is 5.98. The summed E-state index contributed by atoms with van der Waals surface area (Å²) in [7, 11) is 0. The minimum Gasteiger partial charge on any atom is -0.308 e. The van der Waals surface area contributed by atoms with Crippen LogP contribution in [-0.2, 0) is 0 Å². The van der Waals surface area contributed by atoms with Gasteiger partial charge < -0.3 is 5.43 Å². The van der Waals surface area contributed by atoms with Gasteiger partial charge in [0.25, 0.3) is 0 Å². The summed E-state index contributed by atoms with van der Waals surface area (Å²) < 4.78 is 1.80. The molecule has 0 aliphatic heterocycles. The van der Waals surface area contributed by atoms with Gasteiger partial charge in [-0.1, -0.05) is 25.1 Å². The SMILES string of the molecule is CCCN=C(NN)c1cnn(-c2ccccc2)c1. The van der Waals surface area contributed by atoms with Crippen LogP contribution in [0.25, 0.3) is 5.69 Å². The fourth-order valence-electron chi connectivity index (χ4n) is 1.61. The van der Waals surface area contributed by atoms with Gasteiger partial charge in [-0.3, -0.25) is 4.99 Å². The van der Waals surface area contributed by atoms with Crippen LogP contribution in [0, 0.1) is 0 Å². The summed E-state index contributed by atoms with van der Waals surface area (Å²) in [6.07, 6.45) is 4.64. The number of rotatable bonds is 4. The Balaban J connectivity index is 2.25. The van der Waals surface area contributed by atoms with Crippen LogP contribution in [0.15, 0.2) is 47.7 Å². The number of nitrogens with zero attached hydrogens (tertiary/aromatic N) is 3. The Morgan fingerprint density at radius 3 is 2.83 bits per heavy atom. The summed E-state index contributed by atoms with van der Waals surface area (Å²) in [6, 6.07) is 9.92. The molecule has 0 amide bonds. The Morgan fingerprint density at radius 1 is 1.39 bits per heavy atom. The highest BCUT2D eigenvalue weighted by atomic mass is 15.3. The molecule has 0 saturated carbocycles. The second-order valence-corrected chi connectivity index (χ2v) is 3.88. The number of hydrazine groups is 1. The molecule has 18 heavy (non-hydrogen) atoms. The Labute approximate surface area is 106 Å². The van der Waals surface area contributed by atoms with Crippen molar-refractivity contribution < 1.29 is 0 Å². The van der Waals surface area contributed by atoms with E-state index in [1.54, 1.807) is 10.9 Å². The summed E-state index contributed by atoms with van der Waals surface area (Å²) in [4.78, 5) is 4.37. The first-order valence-electron chi connectivity index (χ1n) is 5.96. The van der Waals surface area contributed by atoms with Gasteiger partial charge in [-0.05, 0) is 18.6 Å². The zero-order valence-electron chi connectivity index (χ0n) is 10.4. The molecule has 1 aromatic carbocycles. The van der Waals surface area contributed by atoms with Gasteiger partial charge in [-0.15, -0.1) is 0 Å². The third kappa shape index (κ3) is 2.75. The first-order chi connectivity index (χ1) is 8.85. The van der Waals surface area contributed by atoms with E-state index in [0.717, 1.165) is 24.2 Å². The van der Waals surface area contributed by atoms with Crippen LogP contribution in [0.4, 0.5) is 0 Å². The molecule has 0 aliphatic rings. The fraction of sp³-hybridized carbons (Fsp3) is 0.231. The topological polar surface area (TPSA) is 68.2 Å². The number of aliphatic imine (C=N–C) groups is 1. The Kier molecular flexibility index (Phi) is 4.09. The third-order valence-corrected chi connectivity index (χ3v) is 2.51. The second-order valence-electron chi connectivity index (χ2n) is 3.88. The van der Waals surface area contributed by atoms with Crippen molar-refractivity contribution in [2.24, 2.45) is 10.8 Å². The summed E-state index contributed by atoms with van der Waals surface area (Å²) >= 11 is 0. The van der Waals surface area contributed by atoms with E-state index in [1.807, 2.05) is 36.5 Å². The molecular weight excluding hydrogens is 226 g/mol. The van der Waals surface area contributed by atoms with Crippen LogP contribution in [0.5, 0.6) is 0 Å². The van der Waals surface area contributed by atoms with Gasteiger partial charge in [0.1, 0.15) is 5.84 Å². The van der Waals surface area contributed by atoms with Crippen molar-refractivity contribution in [3.63, 3.8) is 0 Å². The molecule has 3 N–H and O–H groups in total. The molecule has 1 heterocycles. The number of hydrogen-bond acceptors (Lipinski definition) is 3. The number of aromatic nitrogens is 2. The second kappa shape index (κ2) is 5.97. The summed E-state index contributed by atoms with van der Waals surface area (Å²) in [5.74, 6) is 6.14. The van der Waals surface area contributed by atoms with E-state index in [0.29, 0.717) is 5.84 Å². The molecule has 0 atom stereocenters. The average molecular weight is 243 g/mol.